The van der Waals surface area contributed by atoms with E-state index in [0.717, 1.165) is 13.0 Å². The first-order chi connectivity index (χ1) is 8.72. The summed E-state index contributed by atoms with van der Waals surface area (Å²) in [6.45, 7) is 3.06. The zero-order chi connectivity index (χ0) is 13.0. The maximum absolute atomic E-state index is 13.7. The monoisotopic (exact) mass is 253 g/mol. The first-order valence-corrected chi connectivity index (χ1v) is 6.88. The molecule has 1 aromatic carbocycles. The number of hydrogen-bond acceptors (Lipinski definition) is 1. The first-order valence-electron chi connectivity index (χ1n) is 6.88. The molecule has 1 fully saturated rings. The second-order valence-corrected chi connectivity index (χ2v) is 5.17. The molecule has 0 amide bonds. The fourth-order valence-electron chi connectivity index (χ4n) is 2.52. The Bertz CT molecular complexity index is 388. The van der Waals surface area contributed by atoms with Crippen LogP contribution in [-0.2, 0) is 6.42 Å². The Labute approximate surface area is 108 Å². The first kappa shape index (κ1) is 13.5. The second-order valence-electron chi connectivity index (χ2n) is 5.17. The van der Waals surface area contributed by atoms with Crippen molar-refractivity contribution in [2.24, 2.45) is 5.92 Å². The van der Waals surface area contributed by atoms with Crippen LogP contribution in [0.1, 0.15) is 38.2 Å². The summed E-state index contributed by atoms with van der Waals surface area (Å²) >= 11 is 0. The second kappa shape index (κ2) is 6.28. The van der Waals surface area contributed by atoms with Gasteiger partial charge >= 0.3 is 0 Å². The molecule has 0 radical (unpaired) electrons. The molecule has 1 aliphatic rings. The normalized spacial score (nSPS) is 17.5. The molecule has 0 bridgehead atoms. The van der Waals surface area contributed by atoms with Gasteiger partial charge in [0.2, 0.25) is 0 Å². The molecule has 0 heterocycles. The Morgan fingerprint density at radius 1 is 1.33 bits per heavy atom. The van der Waals surface area contributed by atoms with Gasteiger partial charge in [-0.3, -0.25) is 0 Å². The third-order valence-corrected chi connectivity index (χ3v) is 3.85. The average molecular weight is 253 g/mol. The minimum absolute atomic E-state index is 0.287. The van der Waals surface area contributed by atoms with Crippen LogP contribution in [0.5, 0.6) is 0 Å². The standard InChI is InChI=1S/C15H21F2N/c1-2-9-18-14(11-5-3-6-11)10-12-7-4-8-13(16)15(12)17/h4,7-8,11,14,18H,2-3,5-6,9-10H2,1H3. The van der Waals surface area contributed by atoms with Gasteiger partial charge in [0.25, 0.3) is 0 Å². The summed E-state index contributed by atoms with van der Waals surface area (Å²) in [6.07, 6.45) is 5.33. The van der Waals surface area contributed by atoms with E-state index in [1.165, 1.54) is 25.3 Å². The predicted octanol–water partition coefficient (Wildman–Crippen LogP) is 3.68. The quantitative estimate of drug-likeness (QED) is 0.815. The van der Waals surface area contributed by atoms with Gasteiger partial charge in [0, 0.05) is 6.04 Å². The predicted molar refractivity (Wildman–Crippen MR) is 69.5 cm³/mol. The maximum atomic E-state index is 13.7. The van der Waals surface area contributed by atoms with Crippen LogP contribution in [0, 0.1) is 17.6 Å². The van der Waals surface area contributed by atoms with Gasteiger partial charge in [0.15, 0.2) is 11.6 Å². The maximum Gasteiger partial charge on any atom is 0.162 e. The van der Waals surface area contributed by atoms with E-state index in [0.29, 0.717) is 17.9 Å². The number of benzene rings is 1. The van der Waals surface area contributed by atoms with Gasteiger partial charge in [-0.1, -0.05) is 25.5 Å². The number of hydrogen-bond donors (Lipinski definition) is 1. The van der Waals surface area contributed by atoms with E-state index in [2.05, 4.69) is 12.2 Å². The van der Waals surface area contributed by atoms with E-state index in [9.17, 15) is 8.78 Å². The van der Waals surface area contributed by atoms with Crippen molar-refractivity contribution in [3.63, 3.8) is 0 Å². The van der Waals surface area contributed by atoms with Gasteiger partial charge in [-0.25, -0.2) is 8.78 Å². The van der Waals surface area contributed by atoms with Crippen molar-refractivity contribution in [2.75, 3.05) is 6.54 Å². The molecule has 100 valence electrons. The minimum Gasteiger partial charge on any atom is -0.313 e. The molecule has 2 rings (SSSR count). The number of nitrogens with one attached hydrogen (secondary N) is 1. The molecule has 0 aromatic heterocycles. The molecule has 1 nitrogen and oxygen atoms in total. The Hall–Kier alpha value is -0.960. The van der Waals surface area contributed by atoms with Gasteiger partial charge in [-0.05, 0) is 49.8 Å². The summed E-state index contributed by atoms with van der Waals surface area (Å²) in [6, 6.07) is 4.75. The molecule has 1 N–H and O–H groups in total. The lowest BCUT2D eigenvalue weighted by molar-refractivity contribution is 0.226. The highest BCUT2D eigenvalue weighted by atomic mass is 19.2. The van der Waals surface area contributed by atoms with Crippen molar-refractivity contribution in [3.8, 4) is 0 Å². The average Bonchev–Trinajstić information content (AvgIpc) is 2.29. The van der Waals surface area contributed by atoms with Crippen molar-refractivity contribution in [1.82, 2.24) is 5.32 Å². The topological polar surface area (TPSA) is 12.0 Å². The molecule has 1 unspecified atom stereocenters. The Morgan fingerprint density at radius 2 is 2.11 bits per heavy atom. The summed E-state index contributed by atoms with van der Waals surface area (Å²) < 4.78 is 26.8. The van der Waals surface area contributed by atoms with Crippen LogP contribution in [0.4, 0.5) is 8.78 Å². The van der Waals surface area contributed by atoms with E-state index in [4.69, 9.17) is 0 Å². The SMILES string of the molecule is CCCNC(Cc1cccc(F)c1F)C1CCC1. The smallest absolute Gasteiger partial charge is 0.162 e. The van der Waals surface area contributed by atoms with Crippen molar-refractivity contribution in [1.29, 1.82) is 0 Å². The molecule has 0 saturated heterocycles. The summed E-state index contributed by atoms with van der Waals surface area (Å²) in [7, 11) is 0. The largest absolute Gasteiger partial charge is 0.313 e. The van der Waals surface area contributed by atoms with Crippen LogP contribution in [0.15, 0.2) is 18.2 Å². The summed E-state index contributed by atoms with van der Waals surface area (Å²) in [4.78, 5) is 0. The van der Waals surface area contributed by atoms with E-state index in [1.807, 2.05) is 0 Å². The number of halogens is 2. The third kappa shape index (κ3) is 3.08. The van der Waals surface area contributed by atoms with Crippen LogP contribution in [-0.4, -0.2) is 12.6 Å². The molecule has 1 aromatic rings. The zero-order valence-electron chi connectivity index (χ0n) is 10.9. The molecular weight excluding hydrogens is 232 g/mol. The zero-order valence-corrected chi connectivity index (χ0v) is 10.9. The fourth-order valence-corrected chi connectivity index (χ4v) is 2.52. The number of rotatable bonds is 6. The molecule has 1 saturated carbocycles. The van der Waals surface area contributed by atoms with Gasteiger partial charge in [-0.2, -0.15) is 0 Å². The molecule has 18 heavy (non-hydrogen) atoms. The lowest BCUT2D eigenvalue weighted by Crippen LogP contribution is -2.41. The van der Waals surface area contributed by atoms with Crippen molar-refractivity contribution in [3.05, 3.63) is 35.4 Å². The van der Waals surface area contributed by atoms with E-state index in [1.54, 1.807) is 12.1 Å². The van der Waals surface area contributed by atoms with Gasteiger partial charge in [0.1, 0.15) is 0 Å². The van der Waals surface area contributed by atoms with Crippen molar-refractivity contribution < 1.29 is 8.78 Å². The van der Waals surface area contributed by atoms with Crippen LogP contribution >= 0.6 is 0 Å². The van der Waals surface area contributed by atoms with E-state index in [-0.39, 0.29) is 6.04 Å². The molecule has 3 heteroatoms. The Balaban J connectivity index is 2.04. The van der Waals surface area contributed by atoms with Gasteiger partial charge in [0.05, 0.1) is 0 Å². The summed E-state index contributed by atoms with van der Waals surface area (Å²) in [5, 5.41) is 3.48. The molecule has 0 aliphatic heterocycles. The fraction of sp³-hybridized carbons (Fsp3) is 0.600. The minimum atomic E-state index is -0.740. The van der Waals surface area contributed by atoms with Crippen LogP contribution in [0.3, 0.4) is 0 Å². The Kier molecular flexibility index (Phi) is 4.70. The molecule has 1 aliphatic carbocycles. The van der Waals surface area contributed by atoms with Crippen LogP contribution in [0.2, 0.25) is 0 Å². The summed E-state index contributed by atoms with van der Waals surface area (Å²) in [5.41, 5.74) is 0.496. The third-order valence-electron chi connectivity index (χ3n) is 3.85. The highest BCUT2D eigenvalue weighted by Crippen LogP contribution is 2.31. The summed E-state index contributed by atoms with van der Waals surface area (Å²) in [5.74, 6) is -0.797. The van der Waals surface area contributed by atoms with Crippen LogP contribution in [0.25, 0.3) is 0 Å². The van der Waals surface area contributed by atoms with E-state index >= 15 is 0 Å². The van der Waals surface area contributed by atoms with Gasteiger partial charge < -0.3 is 5.32 Å². The highest BCUT2D eigenvalue weighted by molar-refractivity contribution is 5.20. The highest BCUT2D eigenvalue weighted by Gasteiger charge is 2.27. The van der Waals surface area contributed by atoms with Crippen molar-refractivity contribution in [2.45, 2.75) is 45.1 Å². The molecular formula is C15H21F2N. The van der Waals surface area contributed by atoms with Gasteiger partial charge in [-0.15, -0.1) is 0 Å². The van der Waals surface area contributed by atoms with E-state index < -0.39 is 11.6 Å². The van der Waals surface area contributed by atoms with Crippen LogP contribution < -0.4 is 5.32 Å². The van der Waals surface area contributed by atoms with Crippen molar-refractivity contribution >= 4 is 0 Å². The lowest BCUT2D eigenvalue weighted by atomic mass is 9.77. The molecule has 0 spiro atoms. The molecule has 1 atom stereocenters. The lowest BCUT2D eigenvalue weighted by Gasteiger charge is -2.34. The Morgan fingerprint density at radius 3 is 2.72 bits per heavy atom.